The molecule has 0 saturated carbocycles. The van der Waals surface area contributed by atoms with Gasteiger partial charge in [0.05, 0.1) is 6.61 Å². The van der Waals surface area contributed by atoms with Crippen LogP contribution in [-0.2, 0) is 9.53 Å². The Kier molecular flexibility index (Phi) is 3.96. The zero-order chi connectivity index (χ0) is 13.1. The Labute approximate surface area is 108 Å². The van der Waals surface area contributed by atoms with Crippen LogP contribution in [0.15, 0.2) is 29.6 Å². The fraction of sp³-hybridized carbons (Fsp3) is 0.308. The van der Waals surface area contributed by atoms with Crippen molar-refractivity contribution in [2.45, 2.75) is 19.1 Å². The summed E-state index contributed by atoms with van der Waals surface area (Å²) in [5.74, 6) is -0.805. The van der Waals surface area contributed by atoms with Crippen molar-refractivity contribution in [3.8, 4) is 0 Å². The van der Waals surface area contributed by atoms with Gasteiger partial charge in [0.2, 0.25) is 0 Å². The lowest BCUT2D eigenvalue weighted by molar-refractivity contribution is -0.159. The van der Waals surface area contributed by atoms with Crippen LogP contribution in [0.5, 0.6) is 0 Å². The van der Waals surface area contributed by atoms with E-state index in [0.717, 1.165) is 10.1 Å². The van der Waals surface area contributed by atoms with Gasteiger partial charge in [0.25, 0.3) is 0 Å². The van der Waals surface area contributed by atoms with Gasteiger partial charge in [-0.25, -0.2) is 4.79 Å². The van der Waals surface area contributed by atoms with Crippen molar-refractivity contribution in [2.75, 3.05) is 6.61 Å². The number of rotatable bonds is 4. The number of carbonyl (C=O) groups is 1. The Morgan fingerprint density at radius 1 is 1.39 bits per heavy atom. The molecule has 2 N–H and O–H groups in total. The molecule has 0 radical (unpaired) electrons. The van der Waals surface area contributed by atoms with E-state index >= 15 is 0 Å². The van der Waals surface area contributed by atoms with Crippen LogP contribution in [-0.4, -0.2) is 28.9 Å². The van der Waals surface area contributed by atoms with Crippen LogP contribution < -0.4 is 0 Å². The largest absolute Gasteiger partial charge is 0.464 e. The van der Waals surface area contributed by atoms with Crippen molar-refractivity contribution in [1.29, 1.82) is 0 Å². The van der Waals surface area contributed by atoms with Gasteiger partial charge in [0.15, 0.2) is 6.10 Å². The van der Waals surface area contributed by atoms with Crippen LogP contribution in [0.2, 0.25) is 0 Å². The van der Waals surface area contributed by atoms with Crippen molar-refractivity contribution in [2.24, 2.45) is 0 Å². The number of carbonyl (C=O) groups excluding carboxylic acids is 1. The lowest BCUT2D eigenvalue weighted by atomic mass is 10.0. The van der Waals surface area contributed by atoms with Crippen LogP contribution >= 0.6 is 11.3 Å². The first-order chi connectivity index (χ1) is 8.65. The van der Waals surface area contributed by atoms with E-state index in [0.29, 0.717) is 5.56 Å². The Morgan fingerprint density at radius 2 is 2.11 bits per heavy atom. The molecule has 0 spiro atoms. The standard InChI is InChI=1S/C13H14O4S/c1-2-17-13(16)12(15)11(14)9-7-18-10-6-4-3-5-8(9)10/h3-7,11-12,14-15H,2H2,1H3. The average Bonchev–Trinajstić information content (AvgIpc) is 2.81. The van der Waals surface area contributed by atoms with E-state index in [1.54, 1.807) is 12.3 Å². The zero-order valence-electron chi connectivity index (χ0n) is 9.87. The highest BCUT2D eigenvalue weighted by Gasteiger charge is 2.28. The fourth-order valence-electron chi connectivity index (χ4n) is 1.75. The maximum absolute atomic E-state index is 11.4. The highest BCUT2D eigenvalue weighted by atomic mass is 32.1. The van der Waals surface area contributed by atoms with Gasteiger partial charge < -0.3 is 14.9 Å². The number of hydrogen-bond acceptors (Lipinski definition) is 5. The first kappa shape index (κ1) is 13.0. The van der Waals surface area contributed by atoms with E-state index in [1.165, 1.54) is 11.3 Å². The van der Waals surface area contributed by atoms with Gasteiger partial charge in [-0.3, -0.25) is 0 Å². The summed E-state index contributed by atoms with van der Waals surface area (Å²) >= 11 is 1.46. The first-order valence-electron chi connectivity index (χ1n) is 5.64. The summed E-state index contributed by atoms with van der Waals surface area (Å²) in [7, 11) is 0. The molecule has 0 bridgehead atoms. The predicted molar refractivity (Wildman–Crippen MR) is 69.4 cm³/mol. The predicted octanol–water partition coefficient (Wildman–Crippen LogP) is 1.86. The molecule has 0 fully saturated rings. The third-order valence-electron chi connectivity index (χ3n) is 2.66. The molecule has 2 aromatic rings. The maximum Gasteiger partial charge on any atom is 0.338 e. The van der Waals surface area contributed by atoms with Crippen molar-refractivity contribution < 1.29 is 19.7 Å². The summed E-state index contributed by atoms with van der Waals surface area (Å²) in [6, 6.07) is 7.52. The van der Waals surface area contributed by atoms with Gasteiger partial charge in [0, 0.05) is 10.3 Å². The minimum atomic E-state index is -1.55. The molecule has 96 valence electrons. The van der Waals surface area contributed by atoms with E-state index in [4.69, 9.17) is 0 Å². The van der Waals surface area contributed by atoms with Crippen LogP contribution in [0.4, 0.5) is 0 Å². The van der Waals surface area contributed by atoms with E-state index in [9.17, 15) is 15.0 Å². The van der Waals surface area contributed by atoms with E-state index in [2.05, 4.69) is 4.74 Å². The molecule has 2 rings (SSSR count). The molecule has 4 nitrogen and oxygen atoms in total. The summed E-state index contributed by atoms with van der Waals surface area (Å²) in [5.41, 5.74) is 0.552. The van der Waals surface area contributed by atoms with E-state index in [1.807, 2.05) is 24.3 Å². The molecule has 1 aromatic carbocycles. The fourth-order valence-corrected chi connectivity index (χ4v) is 2.74. The third-order valence-corrected chi connectivity index (χ3v) is 3.64. The second kappa shape index (κ2) is 5.48. The SMILES string of the molecule is CCOC(=O)C(O)C(O)c1csc2ccccc12. The molecule has 0 saturated heterocycles. The molecule has 5 heteroatoms. The molecule has 1 heterocycles. The monoisotopic (exact) mass is 266 g/mol. The van der Waals surface area contributed by atoms with Gasteiger partial charge in [-0.2, -0.15) is 0 Å². The van der Waals surface area contributed by atoms with Crippen LogP contribution in [0.25, 0.3) is 10.1 Å². The summed E-state index contributed by atoms with van der Waals surface area (Å²) in [4.78, 5) is 11.4. The van der Waals surface area contributed by atoms with Gasteiger partial charge in [0.1, 0.15) is 6.10 Å². The molecule has 0 aliphatic rings. The molecule has 18 heavy (non-hydrogen) atoms. The number of aliphatic hydroxyl groups is 2. The molecule has 2 unspecified atom stereocenters. The van der Waals surface area contributed by atoms with Crippen LogP contribution in [0.3, 0.4) is 0 Å². The average molecular weight is 266 g/mol. The second-order valence-corrected chi connectivity index (χ2v) is 4.74. The third kappa shape index (κ3) is 2.38. The lowest BCUT2D eigenvalue weighted by Gasteiger charge is -2.15. The van der Waals surface area contributed by atoms with Crippen molar-refractivity contribution in [3.63, 3.8) is 0 Å². The highest BCUT2D eigenvalue weighted by Crippen LogP contribution is 2.31. The van der Waals surface area contributed by atoms with E-state index < -0.39 is 18.2 Å². The summed E-state index contributed by atoms with van der Waals surface area (Å²) in [6.45, 7) is 1.82. The Bertz CT molecular complexity index is 549. The molecular formula is C13H14O4S. The van der Waals surface area contributed by atoms with Gasteiger partial charge in [-0.1, -0.05) is 18.2 Å². The molecule has 1 aromatic heterocycles. The summed E-state index contributed by atoms with van der Waals surface area (Å²) < 4.78 is 5.69. The minimum Gasteiger partial charge on any atom is -0.464 e. The van der Waals surface area contributed by atoms with Crippen molar-refractivity contribution >= 4 is 27.4 Å². The van der Waals surface area contributed by atoms with Crippen LogP contribution in [0, 0.1) is 0 Å². The zero-order valence-corrected chi connectivity index (χ0v) is 10.7. The van der Waals surface area contributed by atoms with Gasteiger partial charge >= 0.3 is 5.97 Å². The Balaban J connectivity index is 2.28. The number of benzene rings is 1. The number of fused-ring (bicyclic) bond motifs is 1. The van der Waals surface area contributed by atoms with Crippen molar-refractivity contribution in [1.82, 2.24) is 0 Å². The number of aliphatic hydroxyl groups excluding tert-OH is 2. The lowest BCUT2D eigenvalue weighted by Crippen LogP contribution is -2.29. The van der Waals surface area contributed by atoms with Gasteiger partial charge in [-0.05, 0) is 23.8 Å². The second-order valence-electron chi connectivity index (χ2n) is 3.83. The molecule has 0 aliphatic carbocycles. The van der Waals surface area contributed by atoms with Gasteiger partial charge in [-0.15, -0.1) is 11.3 Å². The van der Waals surface area contributed by atoms with Crippen LogP contribution in [0.1, 0.15) is 18.6 Å². The van der Waals surface area contributed by atoms with Crippen molar-refractivity contribution in [3.05, 3.63) is 35.2 Å². The molecule has 2 atom stereocenters. The summed E-state index contributed by atoms with van der Waals surface area (Å²) in [6.07, 6.45) is -2.82. The first-order valence-corrected chi connectivity index (χ1v) is 6.52. The Hall–Kier alpha value is -1.43. The quantitative estimate of drug-likeness (QED) is 0.829. The topological polar surface area (TPSA) is 66.8 Å². The maximum atomic E-state index is 11.4. The molecule has 0 amide bonds. The number of thiophene rings is 1. The highest BCUT2D eigenvalue weighted by molar-refractivity contribution is 7.17. The normalized spacial score (nSPS) is 14.4. The molecule has 0 aliphatic heterocycles. The van der Waals surface area contributed by atoms with E-state index in [-0.39, 0.29) is 6.61 Å². The smallest absolute Gasteiger partial charge is 0.338 e. The molecular weight excluding hydrogens is 252 g/mol. The minimum absolute atomic E-state index is 0.174. The number of esters is 1. The number of hydrogen-bond donors (Lipinski definition) is 2. The number of ether oxygens (including phenoxy) is 1. The Morgan fingerprint density at radius 3 is 2.83 bits per heavy atom. The summed E-state index contributed by atoms with van der Waals surface area (Å²) in [5, 5.41) is 22.4.